The van der Waals surface area contributed by atoms with Crippen molar-refractivity contribution < 1.29 is 4.42 Å². The largest absolute Gasteiger partial charge is 0.455 e. The maximum atomic E-state index is 6.92. The normalized spacial score (nSPS) is 11.9. The zero-order valence-corrected chi connectivity index (χ0v) is 27.9. The van der Waals surface area contributed by atoms with E-state index in [0.717, 1.165) is 66.0 Å². The Kier molecular flexibility index (Phi) is 6.05. The molecular weight excluding hydrogens is 645 g/mol. The van der Waals surface area contributed by atoms with Crippen molar-refractivity contribution >= 4 is 75.3 Å². The molecule has 0 spiro atoms. The van der Waals surface area contributed by atoms with E-state index >= 15 is 0 Å². The van der Waals surface area contributed by atoms with E-state index in [0.29, 0.717) is 17.6 Å². The Morgan fingerprint density at radius 1 is 0.412 bits per heavy atom. The smallest absolute Gasteiger partial charge is 0.238 e. The average Bonchev–Trinajstić information content (AvgIpc) is 3.87. The first-order chi connectivity index (χ1) is 25.3. The van der Waals surface area contributed by atoms with Crippen LogP contribution in [0.15, 0.2) is 162 Å². The molecule has 6 heteroatoms. The summed E-state index contributed by atoms with van der Waals surface area (Å²) in [5.41, 5.74) is 7.58. The molecule has 238 valence electrons. The lowest BCUT2D eigenvalue weighted by Crippen LogP contribution is -2.06. The summed E-state index contributed by atoms with van der Waals surface area (Å²) in [6.45, 7) is 0. The van der Waals surface area contributed by atoms with Crippen LogP contribution >= 0.6 is 11.3 Å². The van der Waals surface area contributed by atoms with Gasteiger partial charge in [0.15, 0.2) is 11.6 Å². The molecule has 51 heavy (non-hydrogen) atoms. The lowest BCUT2D eigenvalue weighted by molar-refractivity contribution is 0.670. The van der Waals surface area contributed by atoms with Crippen LogP contribution in [0.3, 0.4) is 0 Å². The van der Waals surface area contributed by atoms with Crippen molar-refractivity contribution in [1.29, 1.82) is 0 Å². The second-order valence-electron chi connectivity index (χ2n) is 12.8. The molecule has 0 aliphatic rings. The lowest BCUT2D eigenvalue weighted by atomic mass is 10.00. The first-order valence-corrected chi connectivity index (χ1v) is 17.8. The Morgan fingerprint density at radius 3 is 1.76 bits per heavy atom. The van der Waals surface area contributed by atoms with Crippen LogP contribution in [0.4, 0.5) is 0 Å². The minimum Gasteiger partial charge on any atom is -0.455 e. The van der Waals surface area contributed by atoms with Crippen molar-refractivity contribution in [2.45, 2.75) is 0 Å². The fraction of sp³-hybridized carbons (Fsp3) is 0. The van der Waals surface area contributed by atoms with E-state index in [1.54, 1.807) is 0 Å². The van der Waals surface area contributed by atoms with Gasteiger partial charge in [0.05, 0.1) is 16.6 Å². The molecular formula is C45H26N4OS. The second kappa shape index (κ2) is 10.9. The zero-order valence-electron chi connectivity index (χ0n) is 27.1. The molecule has 4 heterocycles. The standard InChI is InChI=1S/C45H26N4OS/c1-2-12-27(13-3-1)43-46-44(48-45(47-43)49-37-21-7-4-14-30(37)31-15-5-8-22-38(31)49)35-20-11-19-34-33-18-10-17-29(41(33)50-42(34)35)28-24-25-40-36(26-28)32-16-6-9-23-39(32)51-40/h1-26H. The molecule has 0 saturated carbocycles. The summed E-state index contributed by atoms with van der Waals surface area (Å²) < 4.78 is 11.6. The van der Waals surface area contributed by atoms with Gasteiger partial charge in [-0.3, -0.25) is 4.57 Å². The van der Waals surface area contributed by atoms with Crippen LogP contribution in [0.1, 0.15) is 0 Å². The number of furan rings is 1. The molecule has 0 radical (unpaired) electrons. The molecule has 0 N–H and O–H groups in total. The van der Waals surface area contributed by atoms with Crippen molar-refractivity contribution in [3.63, 3.8) is 0 Å². The van der Waals surface area contributed by atoms with Crippen molar-refractivity contribution in [2.24, 2.45) is 0 Å². The monoisotopic (exact) mass is 670 g/mol. The van der Waals surface area contributed by atoms with Gasteiger partial charge in [0.2, 0.25) is 5.95 Å². The van der Waals surface area contributed by atoms with Crippen molar-refractivity contribution in [3.05, 3.63) is 158 Å². The second-order valence-corrected chi connectivity index (χ2v) is 13.9. The maximum absolute atomic E-state index is 6.92. The summed E-state index contributed by atoms with van der Waals surface area (Å²) in [6, 6.07) is 54.9. The van der Waals surface area contributed by atoms with Crippen LogP contribution in [-0.2, 0) is 0 Å². The topological polar surface area (TPSA) is 56.7 Å². The van der Waals surface area contributed by atoms with Gasteiger partial charge in [0.25, 0.3) is 0 Å². The minimum atomic E-state index is 0.554. The molecule has 0 saturated heterocycles. The van der Waals surface area contributed by atoms with E-state index in [4.69, 9.17) is 19.4 Å². The summed E-state index contributed by atoms with van der Waals surface area (Å²) >= 11 is 1.83. The van der Waals surface area contributed by atoms with Gasteiger partial charge in [0.1, 0.15) is 11.2 Å². The van der Waals surface area contributed by atoms with Gasteiger partial charge in [0, 0.05) is 52.8 Å². The van der Waals surface area contributed by atoms with E-state index < -0.39 is 0 Å². The number of rotatable bonds is 4. The lowest BCUT2D eigenvalue weighted by Gasteiger charge is -2.11. The van der Waals surface area contributed by atoms with Crippen molar-refractivity contribution in [3.8, 4) is 39.9 Å². The van der Waals surface area contributed by atoms with E-state index in [-0.39, 0.29) is 0 Å². The predicted molar refractivity (Wildman–Crippen MR) is 211 cm³/mol. The van der Waals surface area contributed by atoms with E-state index in [1.165, 1.54) is 20.2 Å². The molecule has 0 bridgehead atoms. The molecule has 0 aliphatic heterocycles. The zero-order chi connectivity index (χ0) is 33.5. The van der Waals surface area contributed by atoms with E-state index in [2.05, 4.69) is 126 Å². The Labute approximate surface area is 295 Å². The van der Waals surface area contributed by atoms with Crippen LogP contribution in [0.5, 0.6) is 0 Å². The number of nitrogens with zero attached hydrogens (tertiary/aromatic N) is 4. The summed E-state index contributed by atoms with van der Waals surface area (Å²) in [5.74, 6) is 1.71. The number of hydrogen-bond acceptors (Lipinski definition) is 5. The van der Waals surface area contributed by atoms with Crippen LogP contribution < -0.4 is 0 Å². The SMILES string of the molecule is c1ccc(-c2nc(-c3cccc4c3oc3c(-c5ccc6sc7ccccc7c6c5)cccc34)nc(-n3c4ccccc4c4ccccc43)n2)cc1. The minimum absolute atomic E-state index is 0.554. The highest BCUT2D eigenvalue weighted by molar-refractivity contribution is 7.25. The molecule has 11 rings (SSSR count). The highest BCUT2D eigenvalue weighted by Gasteiger charge is 2.21. The first kappa shape index (κ1) is 28.2. The highest BCUT2D eigenvalue weighted by Crippen LogP contribution is 2.42. The average molecular weight is 671 g/mol. The first-order valence-electron chi connectivity index (χ1n) is 16.9. The van der Waals surface area contributed by atoms with Crippen molar-refractivity contribution in [1.82, 2.24) is 19.5 Å². The Balaban J connectivity index is 1.15. The number of thiophene rings is 1. The highest BCUT2D eigenvalue weighted by atomic mass is 32.1. The number of fused-ring (bicyclic) bond motifs is 9. The Morgan fingerprint density at radius 2 is 1.00 bits per heavy atom. The number of benzene rings is 7. The van der Waals surface area contributed by atoms with Crippen molar-refractivity contribution in [2.75, 3.05) is 0 Å². The van der Waals surface area contributed by atoms with Gasteiger partial charge in [-0.1, -0.05) is 121 Å². The third-order valence-corrected chi connectivity index (χ3v) is 11.0. The molecule has 0 aliphatic carbocycles. The fourth-order valence-corrected chi connectivity index (χ4v) is 8.64. The van der Waals surface area contributed by atoms with Crippen LogP contribution in [0, 0.1) is 0 Å². The van der Waals surface area contributed by atoms with Gasteiger partial charge in [-0.25, -0.2) is 4.98 Å². The number of aromatic nitrogens is 4. The molecule has 5 nitrogen and oxygen atoms in total. The summed E-state index contributed by atoms with van der Waals surface area (Å²) in [5, 5.41) is 6.92. The molecule has 0 amide bonds. The van der Waals surface area contributed by atoms with Gasteiger partial charge in [-0.2, -0.15) is 9.97 Å². The number of hydrogen-bond donors (Lipinski definition) is 0. The third kappa shape index (κ3) is 4.30. The maximum Gasteiger partial charge on any atom is 0.238 e. The van der Waals surface area contributed by atoms with Crippen LogP contribution in [0.25, 0.3) is 104 Å². The molecule has 4 aromatic heterocycles. The molecule has 7 aromatic carbocycles. The quantitative estimate of drug-likeness (QED) is 0.187. The van der Waals surface area contributed by atoms with Gasteiger partial charge < -0.3 is 4.42 Å². The van der Waals surface area contributed by atoms with Gasteiger partial charge >= 0.3 is 0 Å². The van der Waals surface area contributed by atoms with Gasteiger partial charge in [-0.15, -0.1) is 11.3 Å². The Bertz CT molecular complexity index is 3100. The van der Waals surface area contributed by atoms with E-state index in [9.17, 15) is 0 Å². The van der Waals surface area contributed by atoms with Crippen LogP contribution in [-0.4, -0.2) is 19.5 Å². The summed E-state index contributed by atoms with van der Waals surface area (Å²) in [4.78, 5) is 15.4. The summed E-state index contributed by atoms with van der Waals surface area (Å²) in [7, 11) is 0. The summed E-state index contributed by atoms with van der Waals surface area (Å²) in [6.07, 6.45) is 0. The van der Waals surface area contributed by atoms with Gasteiger partial charge in [-0.05, 0) is 42.0 Å². The third-order valence-electron chi connectivity index (χ3n) is 9.89. The predicted octanol–water partition coefficient (Wildman–Crippen LogP) is 12.2. The van der Waals surface area contributed by atoms with E-state index in [1.807, 2.05) is 47.7 Å². The molecule has 11 aromatic rings. The Hall–Kier alpha value is -6.63. The molecule has 0 atom stereocenters. The van der Waals surface area contributed by atoms with Crippen LogP contribution in [0.2, 0.25) is 0 Å². The molecule has 0 unspecified atom stereocenters. The number of para-hydroxylation sites is 4. The molecule has 0 fully saturated rings. The fourth-order valence-electron chi connectivity index (χ4n) is 7.56.